The first-order chi connectivity index (χ1) is 9.73. The molecule has 1 aromatic rings. The average Bonchev–Trinajstić information content (AvgIpc) is 2.31. The van der Waals surface area contributed by atoms with Crippen molar-refractivity contribution in [3.8, 4) is 0 Å². The van der Waals surface area contributed by atoms with Crippen molar-refractivity contribution in [2.24, 2.45) is 0 Å². The number of rotatable bonds is 4. The van der Waals surface area contributed by atoms with Crippen LogP contribution in [-0.4, -0.2) is 29.3 Å². The third-order valence-electron chi connectivity index (χ3n) is 2.27. The summed E-state index contributed by atoms with van der Waals surface area (Å²) in [6, 6.07) is 0. The molecule has 0 unspecified atom stereocenters. The minimum absolute atomic E-state index is 0.0298. The van der Waals surface area contributed by atoms with Crippen molar-refractivity contribution in [3.05, 3.63) is 22.4 Å². The largest absolute Gasteiger partial charge is 0.466 e. The summed E-state index contributed by atoms with van der Waals surface area (Å²) < 4.78 is 10.7. The van der Waals surface area contributed by atoms with E-state index < -0.39 is 11.7 Å². The molecule has 116 valence electrons. The molecule has 0 saturated heterocycles. The van der Waals surface area contributed by atoms with Crippen molar-refractivity contribution in [1.82, 2.24) is 4.98 Å². The lowest BCUT2D eigenvalue weighted by atomic mass is 10.1. The van der Waals surface area contributed by atoms with Crippen LogP contribution >= 0.6 is 15.9 Å². The normalized spacial score (nSPS) is 10.9. The van der Waals surface area contributed by atoms with E-state index in [0.29, 0.717) is 22.3 Å². The van der Waals surface area contributed by atoms with Gasteiger partial charge in [-0.3, -0.25) is 15.1 Å². The first-order valence-corrected chi connectivity index (χ1v) is 7.30. The third-order valence-corrected chi connectivity index (χ3v) is 2.95. The van der Waals surface area contributed by atoms with Crippen molar-refractivity contribution >= 4 is 33.7 Å². The van der Waals surface area contributed by atoms with E-state index in [-0.39, 0.29) is 12.4 Å². The van der Waals surface area contributed by atoms with Crippen LogP contribution in [0.25, 0.3) is 0 Å². The lowest BCUT2D eigenvalue weighted by molar-refractivity contribution is -0.142. The molecule has 1 rings (SSSR count). The van der Waals surface area contributed by atoms with Crippen molar-refractivity contribution < 1.29 is 19.1 Å². The zero-order valence-electron chi connectivity index (χ0n) is 12.5. The van der Waals surface area contributed by atoms with Gasteiger partial charge in [-0.05, 0) is 43.6 Å². The average molecular weight is 359 g/mol. The Morgan fingerprint density at radius 2 is 2.00 bits per heavy atom. The second-order valence-electron chi connectivity index (χ2n) is 5.26. The van der Waals surface area contributed by atoms with Crippen molar-refractivity contribution in [2.75, 3.05) is 11.9 Å². The van der Waals surface area contributed by atoms with E-state index in [1.54, 1.807) is 33.9 Å². The number of aromatic nitrogens is 1. The molecule has 1 heterocycles. The van der Waals surface area contributed by atoms with Crippen molar-refractivity contribution in [1.29, 1.82) is 0 Å². The van der Waals surface area contributed by atoms with Gasteiger partial charge in [-0.2, -0.15) is 0 Å². The van der Waals surface area contributed by atoms with Crippen LogP contribution in [0.15, 0.2) is 16.9 Å². The number of nitrogens with one attached hydrogen (secondary N) is 1. The predicted molar refractivity (Wildman–Crippen MR) is 82.1 cm³/mol. The highest BCUT2D eigenvalue weighted by Gasteiger charge is 2.19. The summed E-state index contributed by atoms with van der Waals surface area (Å²) in [5, 5.41) is 2.59. The predicted octanol–water partition coefficient (Wildman–Crippen LogP) is 3.30. The molecule has 1 aromatic heterocycles. The number of pyridine rings is 1. The second kappa shape index (κ2) is 7.40. The van der Waals surface area contributed by atoms with Crippen molar-refractivity contribution in [2.45, 2.75) is 39.7 Å². The van der Waals surface area contributed by atoms with Gasteiger partial charge in [0, 0.05) is 16.2 Å². The molecule has 1 amide bonds. The standard InChI is InChI=1S/C14H19BrN2O4/c1-5-20-12(18)6-9-10(15)7-16-8-11(9)17-13(19)21-14(2,3)4/h7-8H,5-6H2,1-4H3,(H,17,19). The Morgan fingerprint density at radius 1 is 1.33 bits per heavy atom. The summed E-state index contributed by atoms with van der Waals surface area (Å²) in [7, 11) is 0. The van der Waals surface area contributed by atoms with Gasteiger partial charge in [0.1, 0.15) is 5.60 Å². The Hall–Kier alpha value is -1.63. The van der Waals surface area contributed by atoms with Gasteiger partial charge >= 0.3 is 12.1 Å². The fraction of sp³-hybridized carbons (Fsp3) is 0.500. The molecule has 0 fully saturated rings. The molecule has 0 aliphatic carbocycles. The smallest absolute Gasteiger partial charge is 0.412 e. The molecule has 0 radical (unpaired) electrons. The Bertz CT molecular complexity index is 526. The molecule has 0 aliphatic rings. The van der Waals surface area contributed by atoms with Gasteiger partial charge in [0.05, 0.1) is 24.9 Å². The number of hydrogen-bond acceptors (Lipinski definition) is 5. The summed E-state index contributed by atoms with van der Waals surface area (Å²) in [6.07, 6.45) is 2.44. The van der Waals surface area contributed by atoms with Crippen LogP contribution in [0.3, 0.4) is 0 Å². The van der Waals surface area contributed by atoms with Gasteiger partial charge in [0.15, 0.2) is 0 Å². The Labute approximate surface area is 132 Å². The maximum atomic E-state index is 11.8. The molecule has 0 saturated carbocycles. The van der Waals surface area contributed by atoms with E-state index in [2.05, 4.69) is 26.2 Å². The summed E-state index contributed by atoms with van der Waals surface area (Å²) in [4.78, 5) is 27.4. The molecule has 0 atom stereocenters. The number of nitrogens with zero attached hydrogens (tertiary/aromatic N) is 1. The van der Waals surface area contributed by atoms with E-state index in [1.807, 2.05) is 0 Å². The van der Waals surface area contributed by atoms with Gasteiger partial charge in [0.25, 0.3) is 0 Å². The van der Waals surface area contributed by atoms with E-state index in [0.717, 1.165) is 0 Å². The Balaban J connectivity index is 2.89. The van der Waals surface area contributed by atoms with Crippen LogP contribution in [0.4, 0.5) is 10.5 Å². The molecule has 1 N–H and O–H groups in total. The van der Waals surface area contributed by atoms with Gasteiger partial charge < -0.3 is 9.47 Å². The van der Waals surface area contributed by atoms with Gasteiger partial charge in [-0.15, -0.1) is 0 Å². The minimum atomic E-state index is -0.606. The number of ether oxygens (including phenoxy) is 2. The molecule has 0 aliphatic heterocycles. The molecule has 21 heavy (non-hydrogen) atoms. The van der Waals surface area contributed by atoms with E-state index in [9.17, 15) is 9.59 Å². The first kappa shape index (κ1) is 17.4. The van der Waals surface area contributed by atoms with Crippen LogP contribution in [0.2, 0.25) is 0 Å². The monoisotopic (exact) mass is 358 g/mol. The second-order valence-corrected chi connectivity index (χ2v) is 6.11. The molecule has 0 bridgehead atoms. The van der Waals surface area contributed by atoms with Gasteiger partial charge in [-0.1, -0.05) is 0 Å². The quantitative estimate of drug-likeness (QED) is 0.835. The lowest BCUT2D eigenvalue weighted by Crippen LogP contribution is -2.27. The molecular formula is C14H19BrN2O4. The summed E-state index contributed by atoms with van der Waals surface area (Å²) in [5.41, 5.74) is 0.395. The Kier molecular flexibility index (Phi) is 6.14. The highest BCUT2D eigenvalue weighted by Crippen LogP contribution is 2.25. The van der Waals surface area contributed by atoms with Gasteiger partial charge in [-0.25, -0.2) is 4.79 Å². The summed E-state index contributed by atoms with van der Waals surface area (Å²) in [6.45, 7) is 7.34. The molecular weight excluding hydrogens is 340 g/mol. The zero-order valence-corrected chi connectivity index (χ0v) is 14.1. The van der Waals surface area contributed by atoms with Gasteiger partial charge in [0.2, 0.25) is 0 Å². The molecule has 0 spiro atoms. The number of hydrogen-bond donors (Lipinski definition) is 1. The summed E-state index contributed by atoms with van der Waals surface area (Å²) in [5.74, 6) is -0.378. The number of esters is 1. The van der Waals surface area contributed by atoms with Crippen LogP contribution < -0.4 is 5.32 Å². The lowest BCUT2D eigenvalue weighted by Gasteiger charge is -2.20. The topological polar surface area (TPSA) is 77.5 Å². The number of carbonyl (C=O) groups is 2. The number of anilines is 1. The van der Waals surface area contributed by atoms with E-state index in [4.69, 9.17) is 9.47 Å². The molecule has 6 nitrogen and oxygen atoms in total. The molecule has 0 aromatic carbocycles. The van der Waals surface area contributed by atoms with Crippen LogP contribution in [-0.2, 0) is 20.7 Å². The number of halogens is 1. The van der Waals surface area contributed by atoms with Crippen LogP contribution in [0.1, 0.15) is 33.3 Å². The van der Waals surface area contributed by atoms with E-state index in [1.165, 1.54) is 6.20 Å². The highest BCUT2D eigenvalue weighted by atomic mass is 79.9. The van der Waals surface area contributed by atoms with E-state index >= 15 is 0 Å². The number of amides is 1. The summed E-state index contributed by atoms with van der Waals surface area (Å²) >= 11 is 3.32. The Morgan fingerprint density at radius 3 is 2.57 bits per heavy atom. The number of carbonyl (C=O) groups excluding carboxylic acids is 2. The maximum absolute atomic E-state index is 11.8. The van der Waals surface area contributed by atoms with Crippen molar-refractivity contribution in [3.63, 3.8) is 0 Å². The third kappa shape index (κ3) is 6.12. The molecule has 7 heteroatoms. The van der Waals surface area contributed by atoms with Crippen LogP contribution in [0.5, 0.6) is 0 Å². The fourth-order valence-electron chi connectivity index (χ4n) is 1.52. The minimum Gasteiger partial charge on any atom is -0.466 e. The zero-order chi connectivity index (χ0) is 16.0. The first-order valence-electron chi connectivity index (χ1n) is 6.51. The SMILES string of the molecule is CCOC(=O)Cc1c(Br)cncc1NC(=O)OC(C)(C)C. The fourth-order valence-corrected chi connectivity index (χ4v) is 1.99. The maximum Gasteiger partial charge on any atom is 0.412 e. The highest BCUT2D eigenvalue weighted by molar-refractivity contribution is 9.10. The van der Waals surface area contributed by atoms with Crippen LogP contribution in [0, 0.1) is 0 Å².